The lowest BCUT2D eigenvalue weighted by atomic mass is 10.4. The van der Waals surface area contributed by atoms with Crippen molar-refractivity contribution in [1.82, 2.24) is 4.90 Å². The van der Waals surface area contributed by atoms with E-state index >= 15 is 0 Å². The molecule has 0 aromatic rings. The van der Waals surface area contributed by atoms with Gasteiger partial charge in [-0.05, 0) is 35.0 Å². The number of rotatable bonds is 4. The third kappa shape index (κ3) is 43.8. The molecule has 120 valence electrons. The first-order valence-electron chi connectivity index (χ1n) is 5.51. The Hall–Kier alpha value is -1.37. The molecule has 0 aromatic heterocycles. The number of hydrogen-bond acceptors (Lipinski definition) is 5. The molecule has 0 aliphatic carbocycles. The van der Waals surface area contributed by atoms with Gasteiger partial charge in [-0.15, -0.1) is 12.4 Å². The summed E-state index contributed by atoms with van der Waals surface area (Å²) in [7, 11) is 6.00. The number of carbonyl (C=O) groups excluding carboxylic acids is 1. The molecule has 0 aromatic carbocycles. The Kier molecular flexibility index (Phi) is 23.8. The Balaban J connectivity index is -0.000000102. The molecule has 0 saturated carbocycles. The molecule has 0 rings (SSSR count). The fraction of sp³-hybridized carbons (Fsp3) is 0.538. The molecule has 0 bridgehead atoms. The molecular formula is C13H26ClNO5. The van der Waals surface area contributed by atoms with Crippen LogP contribution in [-0.4, -0.2) is 60.9 Å². The highest BCUT2D eigenvalue weighted by molar-refractivity contribution is 5.85. The van der Waals surface area contributed by atoms with Crippen LogP contribution in [0, 0.1) is 0 Å². The maximum absolute atomic E-state index is 10.3. The summed E-state index contributed by atoms with van der Waals surface area (Å²) < 4.78 is 4.45. The average Bonchev–Trinajstić information content (AvgIpc) is 2.25. The first kappa shape index (κ1) is 27.1. The monoisotopic (exact) mass is 311 g/mol. The molecule has 0 radical (unpaired) electrons. The van der Waals surface area contributed by atoms with Crippen LogP contribution in [0.2, 0.25) is 0 Å². The van der Waals surface area contributed by atoms with Gasteiger partial charge >= 0.3 is 11.9 Å². The van der Waals surface area contributed by atoms with Crippen molar-refractivity contribution in [2.75, 3.05) is 27.7 Å². The van der Waals surface area contributed by atoms with E-state index in [0.29, 0.717) is 0 Å². The molecule has 0 saturated heterocycles. The molecule has 6 nitrogen and oxygen atoms in total. The van der Waals surface area contributed by atoms with Gasteiger partial charge in [-0.2, -0.15) is 0 Å². The van der Waals surface area contributed by atoms with E-state index in [1.54, 1.807) is 0 Å². The Labute approximate surface area is 127 Å². The van der Waals surface area contributed by atoms with E-state index in [1.165, 1.54) is 13.8 Å². The van der Waals surface area contributed by atoms with Crippen LogP contribution in [0.15, 0.2) is 24.8 Å². The standard InChI is InChI=1S/C6H10O3.C4H6O2.C3H9N.ClH/c1-3-6(8)9-4-5(2)7;1-3(2)4(5)6;1-4(2)3;/h3,5,7H,1,4H2,2H3;1H2,2H3,(H,5,6);1-3H3;1H. The van der Waals surface area contributed by atoms with Gasteiger partial charge in [0, 0.05) is 11.6 Å². The lowest BCUT2D eigenvalue weighted by molar-refractivity contribution is -0.140. The van der Waals surface area contributed by atoms with Gasteiger partial charge in [0.1, 0.15) is 6.61 Å². The van der Waals surface area contributed by atoms with Gasteiger partial charge in [0.15, 0.2) is 0 Å². The third-order valence-corrected chi connectivity index (χ3v) is 0.999. The summed E-state index contributed by atoms with van der Waals surface area (Å²) in [6, 6.07) is 0. The number of carboxylic acids is 1. The van der Waals surface area contributed by atoms with Crippen molar-refractivity contribution in [2.45, 2.75) is 20.0 Å². The zero-order valence-corrected chi connectivity index (χ0v) is 13.6. The molecule has 0 heterocycles. The van der Waals surface area contributed by atoms with Crippen LogP contribution in [0.4, 0.5) is 0 Å². The highest BCUT2D eigenvalue weighted by atomic mass is 35.5. The molecule has 0 amide bonds. The van der Waals surface area contributed by atoms with Gasteiger partial charge in [-0.3, -0.25) is 0 Å². The summed E-state index contributed by atoms with van der Waals surface area (Å²) in [6.45, 7) is 9.35. The molecule has 1 atom stereocenters. The Bertz CT molecular complexity index is 276. The maximum Gasteiger partial charge on any atom is 0.330 e. The van der Waals surface area contributed by atoms with Crippen LogP contribution in [0.3, 0.4) is 0 Å². The van der Waals surface area contributed by atoms with Crippen molar-refractivity contribution >= 4 is 24.3 Å². The zero-order valence-electron chi connectivity index (χ0n) is 12.8. The Morgan fingerprint density at radius 3 is 1.80 bits per heavy atom. The number of aliphatic hydroxyl groups excluding tert-OH is 1. The van der Waals surface area contributed by atoms with Crippen LogP contribution in [0.1, 0.15) is 13.8 Å². The summed E-state index contributed by atoms with van der Waals surface area (Å²) in [6.07, 6.45) is 0.455. The number of aliphatic carboxylic acids is 1. The number of carboxylic acid groups (broad SMARTS) is 1. The third-order valence-electron chi connectivity index (χ3n) is 0.999. The van der Waals surface area contributed by atoms with Crippen molar-refractivity contribution in [2.24, 2.45) is 0 Å². The minimum Gasteiger partial charge on any atom is -0.478 e. The van der Waals surface area contributed by atoms with E-state index in [-0.39, 0.29) is 24.6 Å². The lowest BCUT2D eigenvalue weighted by Gasteiger charge is -2.02. The molecule has 7 heteroatoms. The van der Waals surface area contributed by atoms with Crippen molar-refractivity contribution in [3.63, 3.8) is 0 Å². The van der Waals surface area contributed by atoms with Crippen LogP contribution in [0.25, 0.3) is 0 Å². The van der Waals surface area contributed by atoms with Crippen LogP contribution >= 0.6 is 12.4 Å². The highest BCUT2D eigenvalue weighted by Gasteiger charge is 1.98. The minimum absolute atomic E-state index is 0. The van der Waals surface area contributed by atoms with Crippen molar-refractivity contribution in [3.8, 4) is 0 Å². The maximum atomic E-state index is 10.3. The Morgan fingerprint density at radius 1 is 1.35 bits per heavy atom. The van der Waals surface area contributed by atoms with E-state index in [9.17, 15) is 9.59 Å². The number of halogens is 1. The second-order valence-corrected chi connectivity index (χ2v) is 4.11. The number of aliphatic hydroxyl groups is 1. The van der Waals surface area contributed by atoms with Crippen LogP contribution in [-0.2, 0) is 14.3 Å². The predicted octanol–water partition coefficient (Wildman–Crippen LogP) is 1.34. The van der Waals surface area contributed by atoms with Crippen LogP contribution < -0.4 is 0 Å². The van der Waals surface area contributed by atoms with Crippen molar-refractivity contribution < 1.29 is 24.5 Å². The summed E-state index contributed by atoms with van der Waals surface area (Å²) >= 11 is 0. The number of nitrogens with zero attached hydrogens (tertiary/aromatic N) is 1. The quantitative estimate of drug-likeness (QED) is 0.602. The zero-order chi connectivity index (χ0) is 16.0. The summed E-state index contributed by atoms with van der Waals surface area (Å²) in [4.78, 5) is 21.9. The van der Waals surface area contributed by atoms with Gasteiger partial charge in [-0.25, -0.2) is 9.59 Å². The summed E-state index contributed by atoms with van der Waals surface area (Å²) in [5.74, 6) is -1.44. The normalized spacial score (nSPS) is 9.55. The summed E-state index contributed by atoms with van der Waals surface area (Å²) in [5, 5.41) is 16.5. The smallest absolute Gasteiger partial charge is 0.330 e. The number of hydrogen-bond donors (Lipinski definition) is 2. The molecule has 0 aliphatic heterocycles. The van der Waals surface area contributed by atoms with E-state index in [2.05, 4.69) is 17.9 Å². The highest BCUT2D eigenvalue weighted by Crippen LogP contribution is 1.83. The van der Waals surface area contributed by atoms with Gasteiger partial charge in [0.05, 0.1) is 6.10 Å². The van der Waals surface area contributed by atoms with Crippen molar-refractivity contribution in [3.05, 3.63) is 24.8 Å². The molecule has 20 heavy (non-hydrogen) atoms. The first-order valence-corrected chi connectivity index (χ1v) is 5.51. The summed E-state index contributed by atoms with van der Waals surface area (Å²) in [5.41, 5.74) is 0.176. The molecule has 0 spiro atoms. The topological polar surface area (TPSA) is 87.1 Å². The van der Waals surface area contributed by atoms with E-state index in [4.69, 9.17) is 10.2 Å². The fourth-order valence-corrected chi connectivity index (χ4v) is 0.262. The lowest BCUT2D eigenvalue weighted by Crippen LogP contribution is -2.13. The van der Waals surface area contributed by atoms with Gasteiger partial charge in [0.25, 0.3) is 0 Å². The molecule has 1 unspecified atom stereocenters. The van der Waals surface area contributed by atoms with E-state index in [1.807, 2.05) is 26.0 Å². The average molecular weight is 312 g/mol. The predicted molar refractivity (Wildman–Crippen MR) is 82.1 cm³/mol. The number of ether oxygens (including phenoxy) is 1. The largest absolute Gasteiger partial charge is 0.478 e. The van der Waals surface area contributed by atoms with Crippen LogP contribution in [0.5, 0.6) is 0 Å². The van der Waals surface area contributed by atoms with Gasteiger partial charge in [0.2, 0.25) is 0 Å². The minimum atomic E-state index is -0.935. The van der Waals surface area contributed by atoms with Gasteiger partial charge in [-0.1, -0.05) is 13.2 Å². The fourth-order valence-electron chi connectivity index (χ4n) is 0.262. The second-order valence-electron chi connectivity index (χ2n) is 4.11. The Morgan fingerprint density at radius 2 is 1.65 bits per heavy atom. The van der Waals surface area contributed by atoms with Gasteiger partial charge < -0.3 is 19.8 Å². The second kappa shape index (κ2) is 17.6. The molecular weight excluding hydrogens is 286 g/mol. The first-order chi connectivity index (χ1) is 8.54. The molecule has 2 N–H and O–H groups in total. The van der Waals surface area contributed by atoms with E-state index < -0.39 is 18.0 Å². The van der Waals surface area contributed by atoms with E-state index in [0.717, 1.165) is 6.08 Å². The molecule has 0 aliphatic rings. The number of esters is 1. The number of carbonyl (C=O) groups is 2. The van der Waals surface area contributed by atoms with Crippen molar-refractivity contribution in [1.29, 1.82) is 0 Å². The molecule has 0 fully saturated rings. The SMILES string of the molecule is C=C(C)C(=O)O.C=CC(=O)OCC(C)O.CN(C)C.Cl.